The Labute approximate surface area is 96.5 Å². The van der Waals surface area contributed by atoms with Gasteiger partial charge in [0, 0.05) is 18.1 Å². The van der Waals surface area contributed by atoms with E-state index in [1.807, 2.05) is 13.0 Å². The molecule has 0 atom stereocenters. The van der Waals surface area contributed by atoms with Crippen molar-refractivity contribution >= 4 is 16.6 Å². The molecule has 1 heterocycles. The van der Waals surface area contributed by atoms with Crippen LogP contribution in [0, 0.1) is 6.92 Å². The highest BCUT2D eigenvalue weighted by molar-refractivity contribution is 5.91. The number of benzene rings is 1. The van der Waals surface area contributed by atoms with Gasteiger partial charge >= 0.3 is 6.18 Å². The van der Waals surface area contributed by atoms with E-state index in [0.29, 0.717) is 16.6 Å². The van der Waals surface area contributed by atoms with E-state index in [2.05, 4.69) is 10.3 Å². The first-order chi connectivity index (χ1) is 7.91. The molecule has 2 aromatic rings. The first-order valence-electron chi connectivity index (χ1n) is 5.08. The van der Waals surface area contributed by atoms with Crippen LogP contribution in [0.15, 0.2) is 24.3 Å². The lowest BCUT2D eigenvalue weighted by Crippen LogP contribution is -2.09. The highest BCUT2D eigenvalue weighted by atomic mass is 19.4. The van der Waals surface area contributed by atoms with Gasteiger partial charge in [-0.2, -0.15) is 13.2 Å². The van der Waals surface area contributed by atoms with E-state index in [0.717, 1.165) is 11.6 Å². The third kappa shape index (κ3) is 2.18. The maximum absolute atomic E-state index is 12.6. The van der Waals surface area contributed by atoms with Gasteiger partial charge in [0.05, 0.1) is 5.52 Å². The van der Waals surface area contributed by atoms with Crippen LogP contribution in [0.3, 0.4) is 0 Å². The lowest BCUT2D eigenvalue weighted by molar-refractivity contribution is -0.140. The zero-order valence-corrected chi connectivity index (χ0v) is 9.39. The number of rotatable bonds is 1. The van der Waals surface area contributed by atoms with E-state index in [9.17, 15) is 13.2 Å². The fraction of sp³-hybridized carbons (Fsp3) is 0.250. The molecule has 2 nitrogen and oxygen atoms in total. The summed E-state index contributed by atoms with van der Waals surface area (Å²) in [6.07, 6.45) is -4.43. The van der Waals surface area contributed by atoms with Crippen molar-refractivity contribution < 1.29 is 13.2 Å². The lowest BCUT2D eigenvalue weighted by Gasteiger charge is -2.11. The molecule has 0 bridgehead atoms. The molecule has 0 aliphatic heterocycles. The van der Waals surface area contributed by atoms with Crippen molar-refractivity contribution in [1.82, 2.24) is 4.98 Å². The minimum atomic E-state index is -4.43. The Bertz CT molecular complexity index is 561. The fourth-order valence-electron chi connectivity index (χ4n) is 1.69. The number of hydrogen-bond donors (Lipinski definition) is 1. The maximum atomic E-state index is 12.6. The Kier molecular flexibility index (Phi) is 2.69. The first-order valence-corrected chi connectivity index (χ1v) is 5.08. The van der Waals surface area contributed by atoms with E-state index >= 15 is 0 Å². The second-order valence-corrected chi connectivity index (χ2v) is 3.82. The monoisotopic (exact) mass is 240 g/mol. The summed E-state index contributed by atoms with van der Waals surface area (Å²) in [6.45, 7) is 1.89. The number of aromatic nitrogens is 1. The van der Waals surface area contributed by atoms with Crippen molar-refractivity contribution in [2.45, 2.75) is 13.1 Å². The molecule has 0 fully saturated rings. The number of alkyl halides is 3. The van der Waals surface area contributed by atoms with Crippen LogP contribution in [-0.2, 0) is 6.18 Å². The molecule has 1 N–H and O–H groups in total. The average molecular weight is 240 g/mol. The van der Waals surface area contributed by atoms with Gasteiger partial charge in [-0.1, -0.05) is 11.6 Å². The summed E-state index contributed by atoms with van der Waals surface area (Å²) in [6, 6.07) is 6.19. The quantitative estimate of drug-likeness (QED) is 0.823. The summed E-state index contributed by atoms with van der Waals surface area (Å²) >= 11 is 0. The van der Waals surface area contributed by atoms with Gasteiger partial charge in [-0.05, 0) is 25.1 Å². The molecule has 17 heavy (non-hydrogen) atoms. The number of anilines is 1. The van der Waals surface area contributed by atoms with Crippen LogP contribution in [0.5, 0.6) is 0 Å². The van der Waals surface area contributed by atoms with Crippen molar-refractivity contribution in [3.63, 3.8) is 0 Å². The van der Waals surface area contributed by atoms with Crippen molar-refractivity contribution in [2.24, 2.45) is 0 Å². The molecule has 1 aromatic carbocycles. The molecule has 2 rings (SSSR count). The van der Waals surface area contributed by atoms with Gasteiger partial charge in [-0.3, -0.25) is 0 Å². The third-order valence-electron chi connectivity index (χ3n) is 2.52. The Morgan fingerprint density at radius 2 is 1.88 bits per heavy atom. The van der Waals surface area contributed by atoms with Crippen LogP contribution >= 0.6 is 0 Å². The maximum Gasteiger partial charge on any atom is 0.433 e. The summed E-state index contributed by atoms with van der Waals surface area (Å²) in [4.78, 5) is 3.63. The molecule has 0 saturated heterocycles. The predicted molar refractivity (Wildman–Crippen MR) is 61.0 cm³/mol. The lowest BCUT2D eigenvalue weighted by atomic mass is 10.1. The Morgan fingerprint density at radius 3 is 2.47 bits per heavy atom. The van der Waals surface area contributed by atoms with Gasteiger partial charge in [0.1, 0.15) is 5.69 Å². The van der Waals surface area contributed by atoms with E-state index in [4.69, 9.17) is 0 Å². The predicted octanol–water partition coefficient (Wildman–Crippen LogP) is 3.60. The molecule has 0 aliphatic carbocycles. The number of hydrogen-bond acceptors (Lipinski definition) is 2. The Hall–Kier alpha value is -1.78. The summed E-state index contributed by atoms with van der Waals surface area (Å²) in [5.74, 6) is 0. The third-order valence-corrected chi connectivity index (χ3v) is 2.52. The molecule has 0 aliphatic rings. The highest BCUT2D eigenvalue weighted by Gasteiger charge is 2.33. The number of pyridine rings is 1. The minimum absolute atomic E-state index is 0.342. The van der Waals surface area contributed by atoms with E-state index in [-0.39, 0.29) is 0 Å². The molecule has 0 radical (unpaired) electrons. The molecular weight excluding hydrogens is 229 g/mol. The van der Waals surface area contributed by atoms with Crippen LogP contribution in [0.25, 0.3) is 10.9 Å². The zero-order chi connectivity index (χ0) is 12.6. The van der Waals surface area contributed by atoms with Crippen molar-refractivity contribution in [1.29, 1.82) is 0 Å². The van der Waals surface area contributed by atoms with E-state index in [1.165, 1.54) is 0 Å². The normalized spacial score (nSPS) is 11.8. The summed E-state index contributed by atoms with van der Waals surface area (Å²) in [5.41, 5.74) is 0.884. The van der Waals surface area contributed by atoms with Crippen molar-refractivity contribution in [2.75, 3.05) is 12.4 Å². The average Bonchev–Trinajstić information content (AvgIpc) is 2.26. The number of fused-ring (bicyclic) bond motifs is 1. The second-order valence-electron chi connectivity index (χ2n) is 3.82. The molecule has 0 amide bonds. The van der Waals surface area contributed by atoms with Gasteiger partial charge < -0.3 is 5.32 Å². The number of aryl methyl sites for hydroxylation is 1. The van der Waals surface area contributed by atoms with Crippen LogP contribution in [-0.4, -0.2) is 12.0 Å². The molecule has 0 unspecified atom stereocenters. The van der Waals surface area contributed by atoms with Gasteiger partial charge in [-0.25, -0.2) is 4.98 Å². The standard InChI is InChI=1S/C12H11F3N2/c1-7-3-4-9-8(5-7)10(16-2)6-11(17-9)12(13,14)15/h3-6H,1-2H3,(H,16,17). The molecule has 0 saturated carbocycles. The minimum Gasteiger partial charge on any atom is -0.388 e. The van der Waals surface area contributed by atoms with Gasteiger partial charge in [-0.15, -0.1) is 0 Å². The number of halogens is 3. The number of nitrogens with zero attached hydrogens (tertiary/aromatic N) is 1. The molecular formula is C12H11F3N2. The largest absolute Gasteiger partial charge is 0.433 e. The fourth-order valence-corrected chi connectivity index (χ4v) is 1.69. The van der Waals surface area contributed by atoms with Crippen molar-refractivity contribution in [3.05, 3.63) is 35.5 Å². The topological polar surface area (TPSA) is 24.9 Å². The van der Waals surface area contributed by atoms with Crippen molar-refractivity contribution in [3.8, 4) is 0 Å². The SMILES string of the molecule is CNc1cc(C(F)(F)F)nc2ccc(C)cc12. The van der Waals surface area contributed by atoms with Gasteiger partial charge in [0.25, 0.3) is 0 Å². The Balaban J connectivity index is 2.75. The molecule has 90 valence electrons. The summed E-state index contributed by atoms with van der Waals surface area (Å²) in [5, 5.41) is 3.46. The second kappa shape index (κ2) is 3.91. The first kappa shape index (κ1) is 11.7. The molecule has 1 aromatic heterocycles. The van der Waals surface area contributed by atoms with Gasteiger partial charge in [0.15, 0.2) is 0 Å². The van der Waals surface area contributed by atoms with Crippen LogP contribution in [0.4, 0.5) is 18.9 Å². The number of nitrogens with one attached hydrogen (secondary N) is 1. The van der Waals surface area contributed by atoms with Crippen LogP contribution in [0.1, 0.15) is 11.3 Å². The summed E-state index contributed by atoms with van der Waals surface area (Å²) < 4.78 is 37.9. The van der Waals surface area contributed by atoms with Gasteiger partial charge in [0.2, 0.25) is 0 Å². The highest BCUT2D eigenvalue weighted by Crippen LogP contribution is 2.33. The smallest absolute Gasteiger partial charge is 0.388 e. The Morgan fingerprint density at radius 1 is 1.18 bits per heavy atom. The van der Waals surface area contributed by atoms with Crippen LogP contribution < -0.4 is 5.32 Å². The van der Waals surface area contributed by atoms with E-state index < -0.39 is 11.9 Å². The summed E-state index contributed by atoms with van der Waals surface area (Å²) in [7, 11) is 1.59. The van der Waals surface area contributed by atoms with Crippen LogP contribution in [0.2, 0.25) is 0 Å². The molecule has 5 heteroatoms. The van der Waals surface area contributed by atoms with E-state index in [1.54, 1.807) is 19.2 Å². The zero-order valence-electron chi connectivity index (χ0n) is 9.39. The molecule has 0 spiro atoms.